The third-order valence-corrected chi connectivity index (χ3v) is 6.40. The number of ether oxygens (including phenoxy) is 2. The molecule has 1 N–H and O–H groups in total. The smallest absolute Gasteiger partial charge is 0.243 e. The minimum Gasteiger partial charge on any atom is -0.437 e. The number of nitrogens with one attached hydrogen (secondary N) is 1. The number of benzene rings is 2. The highest BCUT2D eigenvalue weighted by atomic mass is 32.1. The Morgan fingerprint density at radius 2 is 1.69 bits per heavy atom. The van der Waals surface area contributed by atoms with E-state index in [4.69, 9.17) is 14.5 Å². The molecule has 0 radical (unpaired) electrons. The van der Waals surface area contributed by atoms with Crippen molar-refractivity contribution in [1.82, 2.24) is 9.97 Å². The minimum absolute atomic E-state index is 0.0518. The maximum absolute atomic E-state index is 6.33. The second-order valence-electron chi connectivity index (χ2n) is 9.90. The maximum Gasteiger partial charge on any atom is 0.243 e. The molecule has 0 saturated carbocycles. The van der Waals surface area contributed by atoms with Gasteiger partial charge in [-0.05, 0) is 35.1 Å². The van der Waals surface area contributed by atoms with Crippen molar-refractivity contribution in [2.45, 2.75) is 46.6 Å². The lowest BCUT2D eigenvalue weighted by Gasteiger charge is -2.22. The van der Waals surface area contributed by atoms with E-state index in [2.05, 4.69) is 63.1 Å². The molecular formula is C29H33N3O2S. The van der Waals surface area contributed by atoms with Crippen LogP contribution in [0.3, 0.4) is 0 Å². The number of pyridine rings is 1. The van der Waals surface area contributed by atoms with Crippen LogP contribution in [0.15, 0.2) is 72.9 Å². The second-order valence-corrected chi connectivity index (χ2v) is 10.9. The predicted molar refractivity (Wildman–Crippen MR) is 145 cm³/mol. The predicted octanol–water partition coefficient (Wildman–Crippen LogP) is 8.21. The molecule has 0 aliphatic carbocycles. The molecule has 0 saturated heterocycles. The summed E-state index contributed by atoms with van der Waals surface area (Å²) in [7, 11) is 0. The van der Waals surface area contributed by atoms with Crippen LogP contribution in [0.1, 0.15) is 45.9 Å². The van der Waals surface area contributed by atoms with Gasteiger partial charge < -0.3 is 14.8 Å². The van der Waals surface area contributed by atoms with Crippen molar-refractivity contribution >= 4 is 22.2 Å². The normalized spacial score (nSPS) is 11.6. The Kier molecular flexibility index (Phi) is 7.83. The van der Waals surface area contributed by atoms with Crippen LogP contribution in [0.5, 0.6) is 11.6 Å². The van der Waals surface area contributed by atoms with Crippen LogP contribution in [0.25, 0.3) is 10.4 Å². The first-order valence-corrected chi connectivity index (χ1v) is 12.7. The average Bonchev–Trinajstić information content (AvgIpc) is 3.23. The quantitative estimate of drug-likeness (QED) is 0.258. The van der Waals surface area contributed by atoms with Gasteiger partial charge in [0.15, 0.2) is 5.13 Å². The molecule has 0 atom stereocenters. The maximum atomic E-state index is 6.33. The molecule has 6 heteroatoms. The zero-order valence-corrected chi connectivity index (χ0v) is 21.9. The third-order valence-electron chi connectivity index (χ3n) is 5.34. The number of anilines is 2. The summed E-state index contributed by atoms with van der Waals surface area (Å²) in [5, 5.41) is 4.22. The van der Waals surface area contributed by atoms with Crippen molar-refractivity contribution in [3.05, 3.63) is 84.2 Å². The molecule has 0 aliphatic rings. The summed E-state index contributed by atoms with van der Waals surface area (Å²) >= 11 is 1.60. The van der Waals surface area contributed by atoms with E-state index in [1.165, 1.54) is 0 Å². The Hall–Kier alpha value is -3.22. The molecular weight excluding hydrogens is 454 g/mol. The third kappa shape index (κ3) is 6.47. The highest BCUT2D eigenvalue weighted by molar-refractivity contribution is 7.19. The molecule has 4 rings (SSSR count). The van der Waals surface area contributed by atoms with Gasteiger partial charge in [-0.3, -0.25) is 0 Å². The molecule has 0 spiro atoms. The fraction of sp³-hybridized carbons (Fsp3) is 0.310. The Balaban J connectivity index is 1.62. The van der Waals surface area contributed by atoms with Crippen LogP contribution in [0.4, 0.5) is 10.8 Å². The Labute approximate surface area is 212 Å². The summed E-state index contributed by atoms with van der Waals surface area (Å²) in [6.07, 6.45) is 1.74. The van der Waals surface area contributed by atoms with Crippen LogP contribution in [-0.2, 0) is 16.8 Å². The number of hydrogen-bond acceptors (Lipinski definition) is 6. The standard InChI is InChI=1S/C29H33N3O2S/c1-20(2)18-33-19-24-26(21-12-7-6-8-13-21)35-28(32-24)31-23-15-11-17-30-27(23)34-25-16-10-9-14-22(25)29(3,4)5/h6-17,20H,18-19H2,1-5H3,(H,31,32). The lowest BCUT2D eigenvalue weighted by molar-refractivity contribution is 0.0954. The first-order valence-electron chi connectivity index (χ1n) is 11.9. The molecule has 2 aromatic carbocycles. The van der Waals surface area contributed by atoms with Gasteiger partial charge in [0.2, 0.25) is 5.88 Å². The number of nitrogens with zero attached hydrogens (tertiary/aromatic N) is 2. The summed E-state index contributed by atoms with van der Waals surface area (Å²) in [6, 6.07) is 22.3. The van der Waals surface area contributed by atoms with Gasteiger partial charge in [0, 0.05) is 18.4 Å². The molecule has 2 heterocycles. The molecule has 0 aliphatic heterocycles. The fourth-order valence-corrected chi connectivity index (χ4v) is 4.66. The van der Waals surface area contributed by atoms with Crippen LogP contribution < -0.4 is 10.1 Å². The van der Waals surface area contributed by atoms with E-state index in [9.17, 15) is 0 Å². The molecule has 0 unspecified atom stereocenters. The van der Waals surface area contributed by atoms with Gasteiger partial charge in [-0.25, -0.2) is 9.97 Å². The van der Waals surface area contributed by atoms with Gasteiger partial charge in [-0.15, -0.1) is 0 Å². The lowest BCUT2D eigenvalue weighted by atomic mass is 9.86. The Bertz CT molecular complexity index is 1250. The fourth-order valence-electron chi connectivity index (χ4n) is 3.67. The van der Waals surface area contributed by atoms with Gasteiger partial charge in [0.05, 0.1) is 17.2 Å². The van der Waals surface area contributed by atoms with Crippen molar-refractivity contribution in [2.24, 2.45) is 5.92 Å². The summed E-state index contributed by atoms with van der Waals surface area (Å²) < 4.78 is 12.3. The largest absolute Gasteiger partial charge is 0.437 e. The van der Waals surface area contributed by atoms with Gasteiger partial charge in [0.25, 0.3) is 0 Å². The monoisotopic (exact) mass is 487 g/mol. The molecule has 2 aromatic heterocycles. The number of rotatable bonds is 9. The van der Waals surface area contributed by atoms with Crippen molar-refractivity contribution in [3.8, 4) is 22.1 Å². The molecule has 4 aromatic rings. The molecule has 0 fully saturated rings. The van der Waals surface area contributed by atoms with E-state index >= 15 is 0 Å². The highest BCUT2D eigenvalue weighted by Gasteiger charge is 2.20. The van der Waals surface area contributed by atoms with Crippen molar-refractivity contribution < 1.29 is 9.47 Å². The molecule has 5 nitrogen and oxygen atoms in total. The Morgan fingerprint density at radius 1 is 0.943 bits per heavy atom. The van der Waals surface area contributed by atoms with Crippen molar-refractivity contribution in [1.29, 1.82) is 0 Å². The van der Waals surface area contributed by atoms with Gasteiger partial charge in [-0.1, -0.05) is 94.5 Å². The molecule has 182 valence electrons. The summed E-state index contributed by atoms with van der Waals surface area (Å²) in [5.41, 5.74) is 3.89. The number of hydrogen-bond donors (Lipinski definition) is 1. The van der Waals surface area contributed by atoms with Gasteiger partial charge in [-0.2, -0.15) is 0 Å². The number of aromatic nitrogens is 2. The van der Waals surface area contributed by atoms with E-state index in [0.717, 1.165) is 38.3 Å². The number of thiazole rings is 1. The van der Waals surface area contributed by atoms with Crippen molar-refractivity contribution in [2.75, 3.05) is 11.9 Å². The van der Waals surface area contributed by atoms with Gasteiger partial charge in [0.1, 0.15) is 11.4 Å². The SMILES string of the molecule is CC(C)COCc1nc(Nc2cccnc2Oc2ccccc2C(C)(C)C)sc1-c1ccccc1. The van der Waals surface area contributed by atoms with E-state index in [-0.39, 0.29) is 5.41 Å². The molecule has 35 heavy (non-hydrogen) atoms. The highest BCUT2D eigenvalue weighted by Crippen LogP contribution is 2.39. The average molecular weight is 488 g/mol. The van der Waals surface area contributed by atoms with Crippen LogP contribution in [0.2, 0.25) is 0 Å². The van der Waals surface area contributed by atoms with Crippen LogP contribution in [0, 0.1) is 5.92 Å². The number of para-hydroxylation sites is 1. The van der Waals surface area contributed by atoms with Crippen molar-refractivity contribution in [3.63, 3.8) is 0 Å². The first-order chi connectivity index (χ1) is 16.8. The lowest BCUT2D eigenvalue weighted by Crippen LogP contribution is -2.12. The topological polar surface area (TPSA) is 56.3 Å². The van der Waals surface area contributed by atoms with Gasteiger partial charge >= 0.3 is 0 Å². The zero-order chi connectivity index (χ0) is 24.8. The van der Waals surface area contributed by atoms with E-state index in [0.29, 0.717) is 25.0 Å². The summed E-state index contributed by atoms with van der Waals surface area (Å²) in [4.78, 5) is 10.5. The molecule has 0 amide bonds. The first kappa shape index (κ1) is 24.9. The summed E-state index contributed by atoms with van der Waals surface area (Å²) in [5.74, 6) is 1.78. The van der Waals surface area contributed by atoms with E-state index in [1.807, 2.05) is 48.5 Å². The van der Waals surface area contributed by atoms with E-state index in [1.54, 1.807) is 17.5 Å². The zero-order valence-electron chi connectivity index (χ0n) is 21.0. The Morgan fingerprint density at radius 3 is 2.43 bits per heavy atom. The summed E-state index contributed by atoms with van der Waals surface area (Å²) in [6.45, 7) is 12.0. The minimum atomic E-state index is -0.0518. The van der Waals surface area contributed by atoms with Crippen LogP contribution >= 0.6 is 11.3 Å². The molecule has 0 bridgehead atoms. The van der Waals surface area contributed by atoms with Crippen LogP contribution in [-0.4, -0.2) is 16.6 Å². The van der Waals surface area contributed by atoms with E-state index < -0.39 is 0 Å². The second kappa shape index (κ2) is 11.0.